The third kappa shape index (κ3) is 4.80. The van der Waals surface area contributed by atoms with Crippen molar-refractivity contribution in [3.8, 4) is 11.3 Å². The van der Waals surface area contributed by atoms with E-state index in [1.165, 1.54) is 5.56 Å². The van der Waals surface area contributed by atoms with Gasteiger partial charge in [-0.15, -0.1) is 5.10 Å². The summed E-state index contributed by atoms with van der Waals surface area (Å²) in [6.45, 7) is 8.26. The highest BCUT2D eigenvalue weighted by molar-refractivity contribution is 5.82. The predicted molar refractivity (Wildman–Crippen MR) is 129 cm³/mol. The van der Waals surface area contributed by atoms with Crippen LogP contribution in [0.1, 0.15) is 60.8 Å². The fourth-order valence-corrected chi connectivity index (χ4v) is 4.23. The molecule has 0 saturated heterocycles. The van der Waals surface area contributed by atoms with Gasteiger partial charge < -0.3 is 4.74 Å². The summed E-state index contributed by atoms with van der Waals surface area (Å²) in [7, 11) is 0. The summed E-state index contributed by atoms with van der Waals surface area (Å²) in [6.07, 6.45) is 2.14. The Labute approximate surface area is 194 Å². The van der Waals surface area contributed by atoms with Gasteiger partial charge in [-0.05, 0) is 32.8 Å². The van der Waals surface area contributed by atoms with E-state index in [4.69, 9.17) is 19.8 Å². The summed E-state index contributed by atoms with van der Waals surface area (Å²) in [4.78, 5) is 22.5. The Morgan fingerprint density at radius 3 is 2.39 bits per heavy atom. The second kappa shape index (κ2) is 9.94. The first kappa shape index (κ1) is 22.6. The van der Waals surface area contributed by atoms with Gasteiger partial charge in [0.1, 0.15) is 0 Å². The number of hydrogen-bond donors (Lipinski definition) is 0. The molecule has 4 rings (SSSR count). The Kier molecular flexibility index (Phi) is 6.82. The standard InChI is InChI=1S/C27H30N4O2/c1-5-10-22(26(32)33-6-2)24-19(4)28-27-29-23(17-20-11-8-7-9-12-20)30-31(27)25(24)21-15-13-18(3)14-16-21/h7-9,11-16,22H,5-6,10,17H2,1-4H3. The number of carbonyl (C=O) groups excluding carboxylic acids is 1. The van der Waals surface area contributed by atoms with Gasteiger partial charge in [0.15, 0.2) is 5.82 Å². The van der Waals surface area contributed by atoms with Gasteiger partial charge in [0, 0.05) is 23.2 Å². The fraction of sp³-hybridized carbons (Fsp3) is 0.333. The van der Waals surface area contributed by atoms with Crippen LogP contribution in [-0.4, -0.2) is 32.2 Å². The maximum Gasteiger partial charge on any atom is 0.313 e. The van der Waals surface area contributed by atoms with Gasteiger partial charge in [0.05, 0.1) is 18.2 Å². The van der Waals surface area contributed by atoms with Crippen LogP contribution in [0.15, 0.2) is 54.6 Å². The average Bonchev–Trinajstić information content (AvgIpc) is 3.20. The van der Waals surface area contributed by atoms with E-state index >= 15 is 0 Å². The molecular formula is C27H30N4O2. The number of carbonyl (C=O) groups is 1. The normalized spacial score (nSPS) is 12.1. The van der Waals surface area contributed by atoms with Gasteiger partial charge in [-0.3, -0.25) is 4.79 Å². The van der Waals surface area contributed by atoms with Gasteiger partial charge in [0.2, 0.25) is 0 Å². The number of ether oxygens (including phenoxy) is 1. The molecule has 0 bridgehead atoms. The lowest BCUT2D eigenvalue weighted by Gasteiger charge is -2.21. The first-order chi connectivity index (χ1) is 16.0. The van der Waals surface area contributed by atoms with Crippen LogP contribution in [-0.2, 0) is 16.0 Å². The molecular weight excluding hydrogens is 412 g/mol. The molecule has 0 saturated carbocycles. The van der Waals surface area contributed by atoms with E-state index in [-0.39, 0.29) is 5.97 Å². The van der Waals surface area contributed by atoms with E-state index < -0.39 is 5.92 Å². The Morgan fingerprint density at radius 2 is 1.73 bits per heavy atom. The van der Waals surface area contributed by atoms with E-state index in [1.807, 2.05) is 32.0 Å². The number of aryl methyl sites for hydroxylation is 2. The van der Waals surface area contributed by atoms with Crippen molar-refractivity contribution in [3.63, 3.8) is 0 Å². The van der Waals surface area contributed by atoms with Crippen molar-refractivity contribution in [2.45, 2.75) is 52.9 Å². The summed E-state index contributed by atoms with van der Waals surface area (Å²) in [6, 6.07) is 18.4. The Balaban J connectivity index is 1.93. The van der Waals surface area contributed by atoms with Crippen molar-refractivity contribution in [3.05, 3.63) is 82.8 Å². The van der Waals surface area contributed by atoms with Crippen molar-refractivity contribution in [2.24, 2.45) is 0 Å². The highest BCUT2D eigenvalue weighted by Gasteiger charge is 2.29. The Morgan fingerprint density at radius 1 is 1.00 bits per heavy atom. The molecule has 0 aliphatic carbocycles. The molecule has 4 aromatic rings. The lowest BCUT2D eigenvalue weighted by molar-refractivity contribution is -0.145. The van der Waals surface area contributed by atoms with Crippen LogP contribution >= 0.6 is 0 Å². The fourth-order valence-electron chi connectivity index (χ4n) is 4.23. The highest BCUT2D eigenvalue weighted by atomic mass is 16.5. The third-order valence-electron chi connectivity index (χ3n) is 5.79. The molecule has 1 atom stereocenters. The molecule has 33 heavy (non-hydrogen) atoms. The summed E-state index contributed by atoms with van der Waals surface area (Å²) in [5.74, 6) is 0.602. The zero-order valence-electron chi connectivity index (χ0n) is 19.7. The van der Waals surface area contributed by atoms with Gasteiger partial charge in [-0.2, -0.15) is 9.50 Å². The molecule has 170 valence electrons. The average molecular weight is 443 g/mol. The second-order valence-corrected chi connectivity index (χ2v) is 8.32. The van der Waals surface area contributed by atoms with Crippen LogP contribution in [0.3, 0.4) is 0 Å². The van der Waals surface area contributed by atoms with E-state index in [1.54, 1.807) is 4.52 Å². The number of hydrogen-bond acceptors (Lipinski definition) is 5. The molecule has 0 radical (unpaired) electrons. The second-order valence-electron chi connectivity index (χ2n) is 8.32. The molecule has 2 aromatic heterocycles. The van der Waals surface area contributed by atoms with Crippen molar-refractivity contribution in [1.29, 1.82) is 0 Å². The summed E-state index contributed by atoms with van der Waals surface area (Å²) in [5, 5.41) is 4.85. The van der Waals surface area contributed by atoms with Crippen LogP contribution < -0.4 is 0 Å². The molecule has 0 fully saturated rings. The topological polar surface area (TPSA) is 69.4 Å². The number of fused-ring (bicyclic) bond motifs is 1. The van der Waals surface area contributed by atoms with Crippen LogP contribution in [0.5, 0.6) is 0 Å². The molecule has 0 spiro atoms. The minimum atomic E-state index is -0.412. The zero-order valence-corrected chi connectivity index (χ0v) is 19.7. The van der Waals surface area contributed by atoms with Crippen molar-refractivity contribution >= 4 is 11.7 Å². The lowest BCUT2D eigenvalue weighted by Crippen LogP contribution is -2.20. The molecule has 2 heterocycles. The van der Waals surface area contributed by atoms with Crippen LogP contribution in [0, 0.1) is 13.8 Å². The molecule has 0 aliphatic rings. The zero-order chi connectivity index (χ0) is 23.4. The van der Waals surface area contributed by atoms with E-state index in [9.17, 15) is 4.79 Å². The lowest BCUT2D eigenvalue weighted by atomic mass is 9.89. The molecule has 2 aromatic carbocycles. The van der Waals surface area contributed by atoms with Crippen LogP contribution in [0.2, 0.25) is 0 Å². The highest BCUT2D eigenvalue weighted by Crippen LogP contribution is 2.35. The van der Waals surface area contributed by atoms with E-state index in [0.29, 0.717) is 31.1 Å². The van der Waals surface area contributed by atoms with Crippen molar-refractivity contribution in [1.82, 2.24) is 19.6 Å². The molecule has 0 N–H and O–H groups in total. The molecule has 0 aliphatic heterocycles. The van der Waals surface area contributed by atoms with Crippen molar-refractivity contribution in [2.75, 3.05) is 6.61 Å². The van der Waals surface area contributed by atoms with Gasteiger partial charge in [-0.1, -0.05) is 73.5 Å². The SMILES string of the molecule is CCCC(C(=O)OCC)c1c(C)nc2nc(Cc3ccccc3)nn2c1-c1ccc(C)cc1. The van der Waals surface area contributed by atoms with Gasteiger partial charge >= 0.3 is 5.97 Å². The maximum absolute atomic E-state index is 13.0. The molecule has 0 amide bonds. The largest absolute Gasteiger partial charge is 0.466 e. The molecule has 1 unspecified atom stereocenters. The van der Waals surface area contributed by atoms with Crippen LogP contribution in [0.4, 0.5) is 0 Å². The number of nitrogens with zero attached hydrogens (tertiary/aromatic N) is 4. The molecule has 6 heteroatoms. The Bertz CT molecular complexity index is 1250. The summed E-state index contributed by atoms with van der Waals surface area (Å²) >= 11 is 0. The predicted octanol–water partition coefficient (Wildman–Crippen LogP) is 5.45. The van der Waals surface area contributed by atoms with Gasteiger partial charge in [0.25, 0.3) is 5.78 Å². The minimum Gasteiger partial charge on any atom is -0.466 e. The van der Waals surface area contributed by atoms with E-state index in [2.05, 4.69) is 50.2 Å². The number of aromatic nitrogens is 4. The Hall–Kier alpha value is -3.54. The number of esters is 1. The summed E-state index contributed by atoms with van der Waals surface area (Å²) < 4.78 is 7.26. The van der Waals surface area contributed by atoms with Crippen LogP contribution in [0.25, 0.3) is 17.0 Å². The first-order valence-electron chi connectivity index (χ1n) is 11.6. The smallest absolute Gasteiger partial charge is 0.313 e. The van der Waals surface area contributed by atoms with Crippen molar-refractivity contribution < 1.29 is 9.53 Å². The summed E-state index contributed by atoms with van der Waals surface area (Å²) in [5.41, 5.74) is 5.79. The quantitative estimate of drug-likeness (QED) is 0.340. The first-order valence-corrected chi connectivity index (χ1v) is 11.6. The number of benzene rings is 2. The maximum atomic E-state index is 13.0. The minimum absolute atomic E-state index is 0.221. The third-order valence-corrected chi connectivity index (χ3v) is 5.79. The monoisotopic (exact) mass is 442 g/mol. The molecule has 6 nitrogen and oxygen atoms in total. The number of rotatable bonds is 8. The van der Waals surface area contributed by atoms with E-state index in [0.717, 1.165) is 34.5 Å². The van der Waals surface area contributed by atoms with Gasteiger partial charge in [-0.25, -0.2) is 4.98 Å².